The number of allylic oxidation sites excluding steroid dienone is 10. The fourth-order valence-corrected chi connectivity index (χ4v) is 7.18. The zero-order chi connectivity index (χ0) is 44.1. The number of aliphatic hydroxyl groups is 3. The Morgan fingerprint density at radius 3 is 1.55 bits per heavy atom. The lowest BCUT2D eigenvalue weighted by Gasteiger charge is -2.40. The van der Waals surface area contributed by atoms with Gasteiger partial charge in [-0.05, 0) is 77.0 Å². The van der Waals surface area contributed by atoms with Crippen LogP contribution in [0.1, 0.15) is 168 Å². The standard InChI is InChI=1S/C47H80O12S/c1-3-5-7-9-11-13-15-17-18-19-20-21-22-24-26-28-30-32-34-36-43(49)58-40(38-57-47-46(52)45(51)44(50)41(59-47)39-60(53,54)55)37-56-42(48)35-33-31-29-27-25-23-16-14-12-10-8-6-4-2/h8,10-11,13-14,16-18,20-21,40-41,44-47,50-52H,3-7,9,12,15,19,22-39H2,1-2H3,(H,53,54,55)/b10-8-,13-11-,16-14-,18-17-,21-20-. The van der Waals surface area contributed by atoms with E-state index >= 15 is 0 Å². The minimum atomic E-state index is -4.61. The van der Waals surface area contributed by atoms with Crippen LogP contribution in [-0.4, -0.2) is 96.0 Å². The lowest BCUT2D eigenvalue weighted by atomic mass is 10.00. The molecular weight excluding hydrogens is 789 g/mol. The number of carbonyl (C=O) groups excluding carboxylic acids is 2. The molecule has 1 aliphatic heterocycles. The summed E-state index contributed by atoms with van der Waals surface area (Å²) < 4.78 is 54.0. The average molecular weight is 869 g/mol. The second-order valence-electron chi connectivity index (χ2n) is 15.7. The first kappa shape index (κ1) is 55.4. The van der Waals surface area contributed by atoms with E-state index in [1.807, 2.05) is 0 Å². The van der Waals surface area contributed by atoms with E-state index in [1.165, 1.54) is 25.7 Å². The third-order valence-corrected chi connectivity index (χ3v) is 10.8. The molecule has 1 saturated heterocycles. The van der Waals surface area contributed by atoms with Gasteiger partial charge in [0.1, 0.15) is 36.8 Å². The van der Waals surface area contributed by atoms with E-state index in [9.17, 15) is 37.9 Å². The minimum absolute atomic E-state index is 0.144. The first-order valence-corrected chi connectivity index (χ1v) is 24.5. The van der Waals surface area contributed by atoms with E-state index < -0.39 is 71.2 Å². The van der Waals surface area contributed by atoms with Gasteiger partial charge in [-0.3, -0.25) is 14.1 Å². The first-order chi connectivity index (χ1) is 29.0. The Hall–Kier alpha value is -2.65. The van der Waals surface area contributed by atoms with Crippen molar-refractivity contribution < 1.29 is 56.8 Å². The van der Waals surface area contributed by atoms with E-state index in [0.29, 0.717) is 12.8 Å². The van der Waals surface area contributed by atoms with Crippen LogP contribution in [0.4, 0.5) is 0 Å². The second kappa shape index (κ2) is 37.0. The molecule has 1 rings (SSSR count). The Bertz CT molecular complexity index is 1340. The van der Waals surface area contributed by atoms with Crippen molar-refractivity contribution >= 4 is 22.1 Å². The molecule has 0 amide bonds. The summed E-state index contributed by atoms with van der Waals surface area (Å²) in [4.78, 5) is 25.4. The molecule has 0 saturated carbocycles. The largest absolute Gasteiger partial charge is 0.462 e. The van der Waals surface area contributed by atoms with Crippen LogP contribution in [0.2, 0.25) is 0 Å². The maximum Gasteiger partial charge on any atom is 0.306 e. The Labute approximate surface area is 362 Å². The highest BCUT2D eigenvalue weighted by Crippen LogP contribution is 2.24. The maximum absolute atomic E-state index is 12.8. The molecule has 12 nitrogen and oxygen atoms in total. The van der Waals surface area contributed by atoms with Crippen LogP contribution in [0.3, 0.4) is 0 Å². The molecule has 0 bridgehead atoms. The van der Waals surface area contributed by atoms with Crippen molar-refractivity contribution in [1.82, 2.24) is 0 Å². The van der Waals surface area contributed by atoms with Gasteiger partial charge in [-0.1, -0.05) is 139 Å². The van der Waals surface area contributed by atoms with Gasteiger partial charge in [-0.25, -0.2) is 0 Å². The molecule has 60 heavy (non-hydrogen) atoms. The summed E-state index contributed by atoms with van der Waals surface area (Å²) >= 11 is 0. The van der Waals surface area contributed by atoms with Crippen LogP contribution in [0.15, 0.2) is 60.8 Å². The van der Waals surface area contributed by atoms with Gasteiger partial charge in [0.2, 0.25) is 0 Å². The molecule has 1 fully saturated rings. The highest BCUT2D eigenvalue weighted by molar-refractivity contribution is 7.85. The SMILES string of the molecule is CCC/C=C\C/C=C\CCCCCCCC(=O)OCC(COC1OC(CS(=O)(=O)O)C(O)C(O)C1O)OC(=O)CCCCCCCC/C=C\C/C=C\C/C=C\CCCCC. The van der Waals surface area contributed by atoms with Gasteiger partial charge in [-0.2, -0.15) is 8.42 Å². The molecule has 4 N–H and O–H groups in total. The molecule has 0 radical (unpaired) electrons. The van der Waals surface area contributed by atoms with Gasteiger partial charge in [0.05, 0.1) is 6.61 Å². The summed E-state index contributed by atoms with van der Waals surface area (Å²) in [7, 11) is -4.61. The summed E-state index contributed by atoms with van der Waals surface area (Å²) in [6, 6.07) is 0. The number of esters is 2. The van der Waals surface area contributed by atoms with Crippen LogP contribution >= 0.6 is 0 Å². The number of aliphatic hydroxyl groups excluding tert-OH is 3. The average Bonchev–Trinajstić information content (AvgIpc) is 3.21. The molecule has 0 aromatic carbocycles. The zero-order valence-electron chi connectivity index (χ0n) is 36.8. The van der Waals surface area contributed by atoms with Crippen molar-refractivity contribution in [2.24, 2.45) is 0 Å². The molecule has 346 valence electrons. The number of hydrogen-bond acceptors (Lipinski definition) is 11. The van der Waals surface area contributed by atoms with E-state index in [2.05, 4.69) is 74.6 Å². The predicted octanol–water partition coefficient (Wildman–Crippen LogP) is 9.34. The van der Waals surface area contributed by atoms with Crippen molar-refractivity contribution in [2.75, 3.05) is 19.0 Å². The van der Waals surface area contributed by atoms with E-state index in [0.717, 1.165) is 103 Å². The summed E-state index contributed by atoms with van der Waals surface area (Å²) in [6.45, 7) is 3.63. The van der Waals surface area contributed by atoms with Gasteiger partial charge in [0, 0.05) is 12.8 Å². The molecule has 0 aliphatic carbocycles. The summed E-state index contributed by atoms with van der Waals surface area (Å²) in [5.74, 6) is -2.02. The second-order valence-corrected chi connectivity index (χ2v) is 17.2. The number of rotatable bonds is 37. The van der Waals surface area contributed by atoms with Crippen LogP contribution in [0.5, 0.6) is 0 Å². The molecule has 0 aromatic heterocycles. The molecule has 1 aliphatic rings. The van der Waals surface area contributed by atoms with Crippen LogP contribution in [0.25, 0.3) is 0 Å². The zero-order valence-corrected chi connectivity index (χ0v) is 37.6. The Balaban J connectivity index is 2.46. The van der Waals surface area contributed by atoms with Crippen LogP contribution in [0, 0.1) is 0 Å². The number of hydrogen-bond donors (Lipinski definition) is 4. The van der Waals surface area contributed by atoms with Gasteiger partial charge in [-0.15, -0.1) is 0 Å². The quantitative estimate of drug-likeness (QED) is 0.0201. The highest BCUT2D eigenvalue weighted by atomic mass is 32.2. The molecule has 6 unspecified atom stereocenters. The smallest absolute Gasteiger partial charge is 0.306 e. The van der Waals surface area contributed by atoms with Crippen molar-refractivity contribution in [1.29, 1.82) is 0 Å². The summed E-state index contributed by atoms with van der Waals surface area (Å²) in [5.41, 5.74) is 0. The fourth-order valence-electron chi connectivity index (χ4n) is 6.48. The van der Waals surface area contributed by atoms with Crippen LogP contribution in [-0.2, 0) is 38.7 Å². The van der Waals surface area contributed by atoms with Crippen molar-refractivity contribution in [3.63, 3.8) is 0 Å². The molecule has 1 heterocycles. The Morgan fingerprint density at radius 1 is 0.567 bits per heavy atom. The number of unbranched alkanes of at least 4 members (excludes halogenated alkanes) is 15. The van der Waals surface area contributed by atoms with Gasteiger partial charge >= 0.3 is 11.9 Å². The Kier molecular flexibility index (Phi) is 34.1. The predicted molar refractivity (Wildman–Crippen MR) is 238 cm³/mol. The van der Waals surface area contributed by atoms with Gasteiger partial charge in [0.25, 0.3) is 10.1 Å². The molecule has 0 spiro atoms. The van der Waals surface area contributed by atoms with Gasteiger partial charge < -0.3 is 34.3 Å². The summed E-state index contributed by atoms with van der Waals surface area (Å²) in [5, 5.41) is 30.9. The van der Waals surface area contributed by atoms with Crippen molar-refractivity contribution in [3.8, 4) is 0 Å². The van der Waals surface area contributed by atoms with Crippen molar-refractivity contribution in [2.45, 2.75) is 205 Å². The number of ether oxygens (including phenoxy) is 4. The lowest BCUT2D eigenvalue weighted by Crippen LogP contribution is -2.60. The van der Waals surface area contributed by atoms with Crippen LogP contribution < -0.4 is 0 Å². The molecule has 13 heteroatoms. The molecule has 6 atom stereocenters. The van der Waals surface area contributed by atoms with E-state index in [-0.39, 0.29) is 19.4 Å². The highest BCUT2D eigenvalue weighted by Gasteiger charge is 2.46. The monoisotopic (exact) mass is 869 g/mol. The first-order valence-electron chi connectivity index (χ1n) is 22.8. The number of carbonyl (C=O) groups is 2. The summed E-state index contributed by atoms with van der Waals surface area (Å²) in [6.07, 6.45) is 35.4. The van der Waals surface area contributed by atoms with E-state index in [4.69, 9.17) is 18.9 Å². The third-order valence-electron chi connectivity index (χ3n) is 10.1. The normalized spacial score (nSPS) is 20.7. The maximum atomic E-state index is 12.8. The molecular formula is C47H80O12S. The Morgan fingerprint density at radius 2 is 1.03 bits per heavy atom. The fraction of sp³-hybridized carbons (Fsp3) is 0.745. The van der Waals surface area contributed by atoms with Crippen molar-refractivity contribution in [3.05, 3.63) is 60.8 Å². The third kappa shape index (κ3) is 31.2. The lowest BCUT2D eigenvalue weighted by molar-refractivity contribution is -0.297. The molecule has 0 aromatic rings. The van der Waals surface area contributed by atoms with E-state index in [1.54, 1.807) is 0 Å². The minimum Gasteiger partial charge on any atom is -0.462 e. The van der Waals surface area contributed by atoms with Gasteiger partial charge in [0.15, 0.2) is 12.4 Å². The topological polar surface area (TPSA) is 186 Å².